The second-order valence-electron chi connectivity index (χ2n) is 15.4. The third-order valence-corrected chi connectivity index (χ3v) is 19.1. The van der Waals surface area contributed by atoms with Gasteiger partial charge in [0.1, 0.15) is 0 Å². The summed E-state index contributed by atoms with van der Waals surface area (Å²) in [5, 5.41) is 11.0. The predicted molar refractivity (Wildman–Crippen MR) is 203 cm³/mol. The van der Waals surface area contributed by atoms with Gasteiger partial charge in [0.2, 0.25) is 0 Å². The summed E-state index contributed by atoms with van der Waals surface area (Å²) in [6.07, 6.45) is 2.15. The van der Waals surface area contributed by atoms with Gasteiger partial charge in [-0.3, -0.25) is 0 Å². The molecule has 1 heteroatoms. The van der Waals surface area contributed by atoms with Gasteiger partial charge in [0.05, 0.1) is 0 Å². The molecular weight excluding hydrogens is 612 g/mol. The molecular formula is C47H44Ti. The monoisotopic (exact) mass is 656 g/mol. The van der Waals surface area contributed by atoms with Crippen LogP contribution in [0.4, 0.5) is 0 Å². The molecule has 0 nitrogen and oxygen atoms in total. The molecule has 2 unspecified atom stereocenters. The third kappa shape index (κ3) is 3.94. The molecule has 9 rings (SSSR count). The second-order valence-corrected chi connectivity index (χ2v) is 22.9. The van der Waals surface area contributed by atoms with Crippen molar-refractivity contribution in [1.29, 1.82) is 0 Å². The summed E-state index contributed by atoms with van der Waals surface area (Å²) in [5.41, 5.74) is 18.3. The van der Waals surface area contributed by atoms with Crippen LogP contribution in [0, 0.1) is 0 Å². The third-order valence-electron chi connectivity index (χ3n) is 12.4. The van der Waals surface area contributed by atoms with Gasteiger partial charge in [0, 0.05) is 0 Å². The van der Waals surface area contributed by atoms with Crippen molar-refractivity contribution in [2.24, 2.45) is 0 Å². The van der Waals surface area contributed by atoms with Crippen LogP contribution < -0.4 is 0 Å². The molecule has 236 valence electrons. The van der Waals surface area contributed by atoms with Crippen LogP contribution >= 0.6 is 0 Å². The first-order valence-electron chi connectivity index (χ1n) is 18.0. The van der Waals surface area contributed by atoms with Crippen molar-refractivity contribution in [2.45, 2.75) is 64.9 Å². The van der Waals surface area contributed by atoms with Crippen LogP contribution in [0.2, 0.25) is 10.5 Å². The molecule has 0 amide bonds. The Balaban J connectivity index is 1.44. The van der Waals surface area contributed by atoms with E-state index in [0.29, 0.717) is 8.45 Å². The molecule has 8 bridgehead atoms. The zero-order chi connectivity index (χ0) is 32.9. The topological polar surface area (TPSA) is 0 Å². The van der Waals surface area contributed by atoms with Crippen LogP contribution in [-0.4, -0.2) is 0 Å². The normalized spacial score (nSPS) is 20.2. The van der Waals surface area contributed by atoms with Crippen LogP contribution in [0.25, 0.3) is 32.7 Å². The summed E-state index contributed by atoms with van der Waals surface area (Å²) >= 11 is -2.88. The first kappa shape index (κ1) is 30.1. The van der Waals surface area contributed by atoms with Gasteiger partial charge < -0.3 is 0 Å². The van der Waals surface area contributed by atoms with E-state index in [4.69, 9.17) is 0 Å². The van der Waals surface area contributed by atoms with Gasteiger partial charge in [0.25, 0.3) is 0 Å². The van der Waals surface area contributed by atoms with E-state index in [0.717, 1.165) is 12.8 Å². The molecule has 1 heterocycles. The minimum atomic E-state index is -2.88. The SMILES string of the molecule is CCC1=C(c2cccc3ccccc23)c2c3cccc2C(C)(C)c2cccc4c2C(c2cccc5ccccc25)=C(CC)[CH]4[Ti]([CH3])([CH3])[CH]13. The number of benzene rings is 6. The van der Waals surface area contributed by atoms with Gasteiger partial charge in [-0.25, -0.2) is 0 Å². The number of hydrogen-bond acceptors (Lipinski definition) is 0. The van der Waals surface area contributed by atoms with Gasteiger partial charge in [0.15, 0.2) is 0 Å². The number of fused-ring (bicyclic) bond motifs is 2. The molecule has 0 radical (unpaired) electrons. The van der Waals surface area contributed by atoms with Gasteiger partial charge in [-0.15, -0.1) is 0 Å². The van der Waals surface area contributed by atoms with Gasteiger partial charge >= 0.3 is 291 Å². The van der Waals surface area contributed by atoms with Crippen molar-refractivity contribution in [3.63, 3.8) is 0 Å². The predicted octanol–water partition coefficient (Wildman–Crippen LogP) is 13.1. The fourth-order valence-corrected chi connectivity index (χ4v) is 18.2. The molecule has 6 aromatic rings. The summed E-state index contributed by atoms with van der Waals surface area (Å²) in [7, 11) is 0. The van der Waals surface area contributed by atoms with E-state index in [-0.39, 0.29) is 5.41 Å². The van der Waals surface area contributed by atoms with Crippen molar-refractivity contribution in [2.75, 3.05) is 0 Å². The van der Waals surface area contributed by atoms with Gasteiger partial charge in [-0.05, 0) is 0 Å². The zero-order valence-electron chi connectivity index (χ0n) is 29.1. The molecule has 2 aliphatic carbocycles. The van der Waals surface area contributed by atoms with Gasteiger partial charge in [-0.2, -0.15) is 0 Å². The summed E-state index contributed by atoms with van der Waals surface area (Å²) in [5.74, 6) is 0. The molecule has 6 aromatic carbocycles. The molecule has 3 aliphatic rings. The molecule has 0 fully saturated rings. The fraction of sp³-hybridized carbons (Fsp3) is 0.234. The Morgan fingerprint density at radius 3 is 1.33 bits per heavy atom. The second kappa shape index (κ2) is 10.8. The van der Waals surface area contributed by atoms with E-state index in [2.05, 4.69) is 159 Å². The van der Waals surface area contributed by atoms with Crippen LogP contribution in [0.5, 0.6) is 0 Å². The van der Waals surface area contributed by atoms with Crippen LogP contribution in [0.15, 0.2) is 132 Å². The van der Waals surface area contributed by atoms with Crippen molar-refractivity contribution in [1.82, 2.24) is 0 Å². The molecule has 0 aromatic heterocycles. The quantitative estimate of drug-likeness (QED) is 0.166. The Hall–Kier alpha value is -3.97. The van der Waals surface area contributed by atoms with E-state index in [1.54, 1.807) is 22.3 Å². The standard InChI is InChI=1S/C45H38.2CH3.Ti/c1-5-29-27-33-19-13-25-39(43(33)41(29)37-23-11-17-31-15-7-9-21-35(31)37)45(3,4)40-26-14-20-34-28-30(6-2)42(44(34)40)38-24-12-18-32-16-8-10-22-36(32)38;;;/h7-28H,5-6H2,1-4H3;2*1H3;. The average molecular weight is 657 g/mol. The van der Waals surface area contributed by atoms with E-state index < -0.39 is 16.6 Å². The summed E-state index contributed by atoms with van der Waals surface area (Å²) in [6.45, 7) is 9.87. The van der Waals surface area contributed by atoms with Crippen molar-refractivity contribution in [3.05, 3.63) is 177 Å². The summed E-state index contributed by atoms with van der Waals surface area (Å²) in [4.78, 5) is 0. The van der Waals surface area contributed by atoms with E-state index >= 15 is 0 Å². The van der Waals surface area contributed by atoms with Crippen molar-refractivity contribution >= 4 is 32.7 Å². The number of allylic oxidation sites excluding steroid dienone is 2. The van der Waals surface area contributed by atoms with Crippen molar-refractivity contribution in [3.8, 4) is 0 Å². The Morgan fingerprint density at radius 1 is 0.500 bits per heavy atom. The summed E-state index contributed by atoms with van der Waals surface area (Å²) < 4.78 is 0.977. The molecule has 48 heavy (non-hydrogen) atoms. The first-order chi connectivity index (χ1) is 23.3. The Labute approximate surface area is 289 Å². The molecule has 0 saturated carbocycles. The molecule has 1 aliphatic heterocycles. The Kier molecular flexibility index (Phi) is 6.76. The van der Waals surface area contributed by atoms with E-state index in [1.165, 1.54) is 66.1 Å². The molecule has 0 N–H and O–H groups in total. The fourth-order valence-electron chi connectivity index (χ4n) is 10.5. The molecule has 0 saturated heterocycles. The maximum absolute atomic E-state index is 2.88. The first-order valence-corrected chi connectivity index (χ1v) is 22.9. The van der Waals surface area contributed by atoms with E-state index in [1.807, 2.05) is 0 Å². The minimum absolute atomic E-state index is 0.210. The Morgan fingerprint density at radius 2 is 0.896 bits per heavy atom. The summed E-state index contributed by atoms with van der Waals surface area (Å²) in [6, 6.07) is 46.7. The van der Waals surface area contributed by atoms with Crippen molar-refractivity contribution < 1.29 is 16.6 Å². The average Bonchev–Trinajstić information content (AvgIpc) is 3.64. The van der Waals surface area contributed by atoms with Crippen LogP contribution in [0.3, 0.4) is 0 Å². The van der Waals surface area contributed by atoms with Crippen LogP contribution in [0.1, 0.15) is 93.5 Å². The van der Waals surface area contributed by atoms with Crippen LogP contribution in [-0.2, 0) is 22.0 Å². The van der Waals surface area contributed by atoms with E-state index in [9.17, 15) is 0 Å². The van der Waals surface area contributed by atoms with Gasteiger partial charge in [-0.1, -0.05) is 0 Å². The Bertz CT molecular complexity index is 2200. The number of hydrogen-bond donors (Lipinski definition) is 0. The maximum atomic E-state index is 2.78. The molecule has 0 spiro atoms. The zero-order valence-corrected chi connectivity index (χ0v) is 30.7. The number of rotatable bonds is 4. The molecule has 2 atom stereocenters.